The van der Waals surface area contributed by atoms with E-state index in [-0.39, 0.29) is 11.7 Å². The quantitative estimate of drug-likeness (QED) is 0.542. The van der Waals surface area contributed by atoms with Gasteiger partial charge in [-0.15, -0.1) is 0 Å². The van der Waals surface area contributed by atoms with Gasteiger partial charge in [0.2, 0.25) is 0 Å². The number of benzene rings is 3. The summed E-state index contributed by atoms with van der Waals surface area (Å²) in [6.45, 7) is 5.94. The van der Waals surface area contributed by atoms with Gasteiger partial charge in [-0.3, -0.25) is 14.5 Å². The summed E-state index contributed by atoms with van der Waals surface area (Å²) in [5.41, 5.74) is 4.01. The first-order chi connectivity index (χ1) is 15.0. The number of nitrogens with zero attached hydrogens (tertiary/aromatic N) is 2. The molecule has 3 aromatic rings. The van der Waals surface area contributed by atoms with E-state index in [1.807, 2.05) is 4.90 Å². The van der Waals surface area contributed by atoms with E-state index in [0.717, 1.165) is 19.6 Å². The smallest absolute Gasteiger partial charge is 0.254 e. The molecule has 4 rings (SSSR count). The molecule has 0 unspecified atom stereocenters. The molecule has 0 aromatic heterocycles. The summed E-state index contributed by atoms with van der Waals surface area (Å²) in [5, 5.41) is 0.574. The van der Waals surface area contributed by atoms with Crippen LogP contribution in [0.1, 0.15) is 37.4 Å². The van der Waals surface area contributed by atoms with Crippen LogP contribution in [0.3, 0.4) is 0 Å². The van der Waals surface area contributed by atoms with E-state index in [1.54, 1.807) is 48.5 Å². The average molecular weight is 433 g/mol. The Labute approximate surface area is 188 Å². The second kappa shape index (κ2) is 9.46. The van der Waals surface area contributed by atoms with Crippen LogP contribution in [0, 0.1) is 6.92 Å². The van der Waals surface area contributed by atoms with Gasteiger partial charge in [-0.2, -0.15) is 0 Å². The Morgan fingerprint density at radius 1 is 0.806 bits per heavy atom. The maximum absolute atomic E-state index is 13.3. The Morgan fingerprint density at radius 2 is 1.42 bits per heavy atom. The lowest BCUT2D eigenvalue weighted by Crippen LogP contribution is -2.48. The van der Waals surface area contributed by atoms with Gasteiger partial charge in [0.15, 0.2) is 5.78 Å². The van der Waals surface area contributed by atoms with Gasteiger partial charge in [0, 0.05) is 48.9 Å². The van der Waals surface area contributed by atoms with E-state index < -0.39 is 0 Å². The predicted octanol–water partition coefficient (Wildman–Crippen LogP) is 4.84. The number of carbonyl (C=O) groups excluding carboxylic acids is 2. The number of hydrogen-bond acceptors (Lipinski definition) is 3. The summed E-state index contributed by atoms with van der Waals surface area (Å²) < 4.78 is 0. The molecule has 1 amide bonds. The number of aryl methyl sites for hydroxylation is 1. The highest BCUT2D eigenvalue weighted by Crippen LogP contribution is 2.20. The molecule has 1 aliphatic rings. The molecule has 5 heteroatoms. The van der Waals surface area contributed by atoms with E-state index in [4.69, 9.17) is 11.6 Å². The highest BCUT2D eigenvalue weighted by Gasteiger charge is 2.26. The summed E-state index contributed by atoms with van der Waals surface area (Å²) in [7, 11) is 0. The highest BCUT2D eigenvalue weighted by molar-refractivity contribution is 6.30. The minimum Gasteiger partial charge on any atom is -0.336 e. The molecule has 3 aromatic carbocycles. The number of rotatable bonds is 5. The zero-order chi connectivity index (χ0) is 21.8. The van der Waals surface area contributed by atoms with E-state index >= 15 is 0 Å². The van der Waals surface area contributed by atoms with Crippen LogP contribution < -0.4 is 0 Å². The van der Waals surface area contributed by atoms with Gasteiger partial charge < -0.3 is 4.90 Å². The Hall–Kier alpha value is -2.95. The number of ketones is 1. The van der Waals surface area contributed by atoms with Crippen molar-refractivity contribution in [2.24, 2.45) is 0 Å². The first kappa shape index (κ1) is 21.3. The lowest BCUT2D eigenvalue weighted by atomic mass is 9.97. The first-order valence-electron chi connectivity index (χ1n) is 10.5. The lowest BCUT2D eigenvalue weighted by Gasteiger charge is -2.35. The second-order valence-electron chi connectivity index (χ2n) is 7.88. The van der Waals surface area contributed by atoms with Crippen LogP contribution in [0.25, 0.3) is 0 Å². The number of carbonyl (C=O) groups is 2. The minimum absolute atomic E-state index is 0.0894. The van der Waals surface area contributed by atoms with Crippen molar-refractivity contribution in [3.63, 3.8) is 0 Å². The van der Waals surface area contributed by atoms with Crippen molar-refractivity contribution < 1.29 is 9.59 Å². The predicted molar refractivity (Wildman–Crippen MR) is 124 cm³/mol. The maximum atomic E-state index is 13.3. The lowest BCUT2D eigenvalue weighted by molar-refractivity contribution is 0.0625. The molecule has 1 aliphatic heterocycles. The molecule has 0 saturated carbocycles. The second-order valence-corrected chi connectivity index (χ2v) is 8.31. The van der Waals surface area contributed by atoms with Crippen LogP contribution in [0.4, 0.5) is 0 Å². The zero-order valence-electron chi connectivity index (χ0n) is 17.6. The average Bonchev–Trinajstić information content (AvgIpc) is 2.81. The van der Waals surface area contributed by atoms with E-state index in [1.165, 1.54) is 11.1 Å². The standard InChI is InChI=1S/C26H25ClN2O2/c1-19-6-2-3-7-21(19)18-28-14-16-29(17-15-28)26(31)24-9-5-4-8-23(24)25(30)20-10-12-22(27)13-11-20/h2-13H,14-18H2,1H3. The molecular formula is C26H25ClN2O2. The molecule has 158 valence electrons. The molecule has 0 spiro atoms. The normalized spacial score (nSPS) is 14.5. The summed E-state index contributed by atoms with van der Waals surface area (Å²) in [4.78, 5) is 30.5. The number of amides is 1. The number of piperazine rings is 1. The molecule has 1 saturated heterocycles. The minimum atomic E-state index is -0.168. The number of halogens is 1. The van der Waals surface area contributed by atoms with Crippen molar-refractivity contribution in [3.8, 4) is 0 Å². The van der Waals surface area contributed by atoms with Crippen LogP contribution in [-0.4, -0.2) is 47.7 Å². The maximum Gasteiger partial charge on any atom is 0.254 e. The molecule has 0 atom stereocenters. The van der Waals surface area contributed by atoms with Crippen LogP contribution in [0.5, 0.6) is 0 Å². The van der Waals surface area contributed by atoms with Crippen LogP contribution in [0.15, 0.2) is 72.8 Å². The van der Waals surface area contributed by atoms with Gasteiger partial charge in [0.05, 0.1) is 5.56 Å². The monoisotopic (exact) mass is 432 g/mol. The van der Waals surface area contributed by atoms with Crippen molar-refractivity contribution in [3.05, 3.63) is 106 Å². The topological polar surface area (TPSA) is 40.6 Å². The Bertz CT molecular complexity index is 1090. The molecule has 0 bridgehead atoms. The van der Waals surface area contributed by atoms with Crippen molar-refractivity contribution in [2.45, 2.75) is 13.5 Å². The van der Waals surface area contributed by atoms with Gasteiger partial charge in [-0.25, -0.2) is 0 Å². The molecule has 1 heterocycles. The Morgan fingerprint density at radius 3 is 2.10 bits per heavy atom. The van der Waals surface area contributed by atoms with Crippen molar-refractivity contribution in [1.29, 1.82) is 0 Å². The fourth-order valence-electron chi connectivity index (χ4n) is 3.93. The van der Waals surface area contributed by atoms with Crippen molar-refractivity contribution in [1.82, 2.24) is 9.80 Å². The van der Waals surface area contributed by atoms with Crippen molar-refractivity contribution in [2.75, 3.05) is 26.2 Å². The third-order valence-corrected chi connectivity index (χ3v) is 6.08. The van der Waals surface area contributed by atoms with Gasteiger partial charge >= 0.3 is 0 Å². The molecule has 31 heavy (non-hydrogen) atoms. The molecule has 0 radical (unpaired) electrons. The SMILES string of the molecule is Cc1ccccc1CN1CCN(C(=O)c2ccccc2C(=O)c2ccc(Cl)cc2)CC1. The molecule has 0 N–H and O–H groups in total. The fourth-order valence-corrected chi connectivity index (χ4v) is 4.06. The summed E-state index contributed by atoms with van der Waals surface area (Å²) in [5.74, 6) is -0.257. The molecule has 0 aliphatic carbocycles. The first-order valence-corrected chi connectivity index (χ1v) is 10.9. The van der Waals surface area contributed by atoms with Gasteiger partial charge in [-0.05, 0) is 48.4 Å². The van der Waals surface area contributed by atoms with Gasteiger partial charge in [-0.1, -0.05) is 54.1 Å². The summed E-state index contributed by atoms with van der Waals surface area (Å²) in [6.07, 6.45) is 0. The third-order valence-electron chi connectivity index (χ3n) is 5.82. The van der Waals surface area contributed by atoms with Gasteiger partial charge in [0.25, 0.3) is 5.91 Å². The van der Waals surface area contributed by atoms with E-state index in [0.29, 0.717) is 34.8 Å². The summed E-state index contributed by atoms with van der Waals surface area (Å²) in [6, 6.07) is 22.2. The van der Waals surface area contributed by atoms with E-state index in [9.17, 15) is 9.59 Å². The van der Waals surface area contributed by atoms with Crippen LogP contribution in [-0.2, 0) is 6.54 Å². The Balaban J connectivity index is 1.45. The fraction of sp³-hybridized carbons (Fsp3) is 0.231. The van der Waals surface area contributed by atoms with E-state index in [2.05, 4.69) is 36.1 Å². The van der Waals surface area contributed by atoms with Crippen LogP contribution in [0.2, 0.25) is 5.02 Å². The largest absolute Gasteiger partial charge is 0.336 e. The van der Waals surface area contributed by atoms with Crippen LogP contribution >= 0.6 is 11.6 Å². The summed E-state index contributed by atoms with van der Waals surface area (Å²) >= 11 is 5.94. The Kier molecular flexibility index (Phi) is 6.50. The van der Waals surface area contributed by atoms with Gasteiger partial charge in [0.1, 0.15) is 0 Å². The third kappa shape index (κ3) is 4.87. The molecule has 1 fully saturated rings. The zero-order valence-corrected chi connectivity index (χ0v) is 18.3. The van der Waals surface area contributed by atoms with Crippen molar-refractivity contribution >= 4 is 23.3 Å². The molecule has 4 nitrogen and oxygen atoms in total. The molecular weight excluding hydrogens is 408 g/mol. The number of hydrogen-bond donors (Lipinski definition) is 0. The highest BCUT2D eigenvalue weighted by atomic mass is 35.5.